The average molecular weight is 658 g/mol. The Balaban J connectivity index is 1.33. The first-order chi connectivity index (χ1) is 23.7. The number of aryl methyl sites for hydroxylation is 4. The number of amides is 2. The Bertz CT molecular complexity index is 2290. The molecule has 14 nitrogen and oxygen atoms in total. The smallest absolute Gasteiger partial charge is 0.276 e. The van der Waals surface area contributed by atoms with Gasteiger partial charge in [0.05, 0.1) is 45.9 Å². The van der Waals surface area contributed by atoms with Crippen molar-refractivity contribution < 1.29 is 14.4 Å². The summed E-state index contributed by atoms with van der Waals surface area (Å²) in [5, 5.41) is 24.2. The molecular formula is C35H35N11O3. The molecule has 14 heteroatoms. The van der Waals surface area contributed by atoms with E-state index in [-0.39, 0.29) is 30.7 Å². The number of aldehydes is 1. The fourth-order valence-electron chi connectivity index (χ4n) is 5.93. The number of carbonyl (C=O) groups is 3. The number of nitriles is 1. The highest BCUT2D eigenvalue weighted by Crippen LogP contribution is 2.27. The van der Waals surface area contributed by atoms with Crippen LogP contribution in [0.15, 0.2) is 60.7 Å². The van der Waals surface area contributed by atoms with Crippen LogP contribution in [-0.4, -0.2) is 56.8 Å². The summed E-state index contributed by atoms with van der Waals surface area (Å²) in [6.07, 6.45) is 4.60. The molecule has 0 aliphatic heterocycles. The first-order valence-corrected chi connectivity index (χ1v) is 15.9. The number of hydrogen-bond acceptors (Lipinski definition) is 8. The van der Waals surface area contributed by atoms with E-state index in [0.29, 0.717) is 71.1 Å². The fraction of sp³-hybridized carbons (Fsp3) is 0.257. The number of anilines is 2. The molecule has 0 aliphatic rings. The lowest BCUT2D eigenvalue weighted by Crippen LogP contribution is -2.20. The van der Waals surface area contributed by atoms with E-state index in [2.05, 4.69) is 36.9 Å². The van der Waals surface area contributed by atoms with Crippen molar-refractivity contribution in [3.63, 3.8) is 0 Å². The molecule has 0 radical (unpaired) electrons. The summed E-state index contributed by atoms with van der Waals surface area (Å²) in [6, 6.07) is 16.5. The number of para-hydroxylation sites is 2. The first-order valence-electron chi connectivity index (χ1n) is 15.9. The summed E-state index contributed by atoms with van der Waals surface area (Å²) in [6.45, 7) is 9.20. The van der Waals surface area contributed by atoms with Gasteiger partial charge in [-0.3, -0.25) is 34.4 Å². The van der Waals surface area contributed by atoms with Crippen LogP contribution in [0.25, 0.3) is 22.1 Å². The molecule has 0 unspecified atom stereocenters. The maximum atomic E-state index is 13.4. The number of nitrogens with zero attached hydrogens (tertiary/aromatic N) is 9. The van der Waals surface area contributed by atoms with E-state index in [1.165, 1.54) is 0 Å². The second-order valence-electron chi connectivity index (χ2n) is 11.4. The molecule has 0 atom stereocenters. The van der Waals surface area contributed by atoms with E-state index < -0.39 is 0 Å². The third kappa shape index (κ3) is 6.46. The van der Waals surface area contributed by atoms with Gasteiger partial charge in [-0.15, -0.1) is 0 Å². The van der Waals surface area contributed by atoms with E-state index in [1.807, 2.05) is 73.2 Å². The minimum atomic E-state index is -0.384. The first kappa shape index (κ1) is 32.6. The molecular weight excluding hydrogens is 622 g/mol. The van der Waals surface area contributed by atoms with Crippen molar-refractivity contribution in [2.45, 2.75) is 60.3 Å². The van der Waals surface area contributed by atoms with E-state index >= 15 is 0 Å². The Hall–Kier alpha value is -6.36. The lowest BCUT2D eigenvalue weighted by molar-refractivity contribution is 0.100. The van der Waals surface area contributed by atoms with Crippen LogP contribution in [0.4, 0.5) is 11.9 Å². The van der Waals surface area contributed by atoms with Gasteiger partial charge >= 0.3 is 0 Å². The van der Waals surface area contributed by atoms with Crippen molar-refractivity contribution in [2.75, 3.05) is 10.6 Å². The summed E-state index contributed by atoms with van der Waals surface area (Å²) in [5.74, 6) is -0.0472. The van der Waals surface area contributed by atoms with Crippen LogP contribution in [-0.2, 0) is 32.6 Å². The Morgan fingerprint density at radius 3 is 1.98 bits per heavy atom. The number of carbonyl (C=O) groups excluding carboxylic acids is 3. The number of fused-ring (bicyclic) bond motifs is 2. The van der Waals surface area contributed by atoms with Gasteiger partial charge in [0.1, 0.15) is 17.7 Å². The fourth-order valence-corrected chi connectivity index (χ4v) is 5.93. The molecule has 2 aromatic carbocycles. The molecule has 49 heavy (non-hydrogen) atoms. The van der Waals surface area contributed by atoms with Gasteiger partial charge in [0.25, 0.3) is 11.8 Å². The van der Waals surface area contributed by atoms with E-state index in [4.69, 9.17) is 0 Å². The maximum Gasteiger partial charge on any atom is 0.276 e. The van der Waals surface area contributed by atoms with E-state index in [1.54, 1.807) is 33.6 Å². The van der Waals surface area contributed by atoms with E-state index in [9.17, 15) is 19.6 Å². The van der Waals surface area contributed by atoms with Gasteiger partial charge in [-0.2, -0.15) is 15.5 Å². The number of allylic oxidation sites excluding steroid dienone is 2. The van der Waals surface area contributed by atoms with Crippen LogP contribution in [0, 0.1) is 25.2 Å². The minimum absolute atomic E-state index is 0.0450. The Labute approximate surface area is 281 Å². The zero-order valence-corrected chi connectivity index (χ0v) is 27.6. The predicted octanol–water partition coefficient (Wildman–Crippen LogP) is 5.08. The Kier molecular flexibility index (Phi) is 9.16. The van der Waals surface area contributed by atoms with Gasteiger partial charge in [-0.05, 0) is 69.7 Å². The Morgan fingerprint density at radius 1 is 0.816 bits per heavy atom. The summed E-state index contributed by atoms with van der Waals surface area (Å²) in [7, 11) is 0. The highest BCUT2D eigenvalue weighted by atomic mass is 16.2. The summed E-state index contributed by atoms with van der Waals surface area (Å²) >= 11 is 0. The summed E-state index contributed by atoms with van der Waals surface area (Å²) < 4.78 is 6.99. The molecule has 2 N–H and O–H groups in total. The van der Waals surface area contributed by atoms with Crippen LogP contribution < -0.4 is 10.6 Å². The highest BCUT2D eigenvalue weighted by Gasteiger charge is 2.21. The third-order valence-corrected chi connectivity index (χ3v) is 8.07. The normalized spacial score (nSPS) is 11.4. The molecule has 0 aliphatic carbocycles. The zero-order valence-electron chi connectivity index (χ0n) is 27.6. The van der Waals surface area contributed by atoms with Gasteiger partial charge in [-0.25, -0.2) is 9.97 Å². The largest absolute Gasteiger partial charge is 0.306 e. The van der Waals surface area contributed by atoms with Crippen molar-refractivity contribution in [1.29, 1.82) is 5.26 Å². The monoisotopic (exact) mass is 657 g/mol. The van der Waals surface area contributed by atoms with Gasteiger partial charge in [0.15, 0.2) is 0 Å². The quantitative estimate of drug-likeness (QED) is 0.136. The predicted molar refractivity (Wildman–Crippen MR) is 184 cm³/mol. The molecule has 6 aromatic rings. The molecule has 2 amide bonds. The number of hydrogen-bond donors (Lipinski definition) is 2. The van der Waals surface area contributed by atoms with Crippen LogP contribution in [0.3, 0.4) is 0 Å². The third-order valence-electron chi connectivity index (χ3n) is 8.07. The number of benzene rings is 2. The second-order valence-corrected chi connectivity index (χ2v) is 11.4. The van der Waals surface area contributed by atoms with Gasteiger partial charge in [-0.1, -0.05) is 24.3 Å². The van der Waals surface area contributed by atoms with Crippen LogP contribution in [0.2, 0.25) is 0 Å². The molecule has 4 aromatic heterocycles. The number of nitrogens with one attached hydrogen (secondary N) is 2. The highest BCUT2D eigenvalue weighted by molar-refractivity contribution is 6.04. The molecule has 6 rings (SSSR count). The SMILES string of the molecule is CCn1nc(C)cc1C(=O)Nc1nc2ccccc2n1C/C=C/Cn1c(NC(=O)c2cc(C)nn2CC)nc2cc(C=O)cc(CC#N)c21. The zero-order chi connectivity index (χ0) is 34.7. The summed E-state index contributed by atoms with van der Waals surface area (Å²) in [5.41, 5.74) is 5.97. The minimum Gasteiger partial charge on any atom is -0.306 e. The lowest BCUT2D eigenvalue weighted by Gasteiger charge is -2.11. The van der Waals surface area contributed by atoms with Crippen molar-refractivity contribution >= 4 is 52.1 Å². The van der Waals surface area contributed by atoms with Crippen LogP contribution in [0.1, 0.15) is 62.1 Å². The topological polar surface area (TPSA) is 170 Å². The molecule has 0 saturated heterocycles. The molecule has 0 fully saturated rings. The lowest BCUT2D eigenvalue weighted by atomic mass is 10.1. The molecule has 248 valence electrons. The second kappa shape index (κ2) is 13.8. The number of rotatable bonds is 12. The Morgan fingerprint density at radius 2 is 1.39 bits per heavy atom. The van der Waals surface area contributed by atoms with Gasteiger partial charge in [0.2, 0.25) is 11.9 Å². The maximum absolute atomic E-state index is 13.4. The molecule has 0 bridgehead atoms. The van der Waals surface area contributed by atoms with Gasteiger partial charge in [0, 0.05) is 31.7 Å². The van der Waals surface area contributed by atoms with Crippen molar-refractivity contribution in [3.8, 4) is 6.07 Å². The van der Waals surface area contributed by atoms with E-state index in [0.717, 1.165) is 16.7 Å². The van der Waals surface area contributed by atoms with Crippen molar-refractivity contribution in [3.05, 3.63) is 94.6 Å². The average Bonchev–Trinajstić information content (AvgIpc) is 3.85. The molecule has 0 spiro atoms. The van der Waals surface area contributed by atoms with Crippen molar-refractivity contribution in [2.24, 2.45) is 0 Å². The van der Waals surface area contributed by atoms with Crippen molar-refractivity contribution in [1.82, 2.24) is 38.7 Å². The summed E-state index contributed by atoms with van der Waals surface area (Å²) in [4.78, 5) is 47.8. The van der Waals surface area contributed by atoms with Crippen LogP contribution in [0.5, 0.6) is 0 Å². The number of imidazole rings is 2. The standard InChI is InChI=1S/C35H35N11O3/c1-5-45-29(17-22(3)41-45)32(48)39-34-37-26-11-7-8-12-28(26)43(34)15-9-10-16-44-31-25(13-14-36)19-24(21-47)20-27(31)38-35(44)40-33(49)30-18-23(4)42-46(30)6-2/h7-12,17-21H,5-6,13,15-16H2,1-4H3,(H,37,39,48)(H,38,40,49)/b10-9+. The van der Waals surface area contributed by atoms with Crippen LogP contribution >= 0.6 is 0 Å². The number of aromatic nitrogens is 8. The van der Waals surface area contributed by atoms with Gasteiger partial charge < -0.3 is 9.13 Å². The molecule has 4 heterocycles. The molecule has 0 saturated carbocycles.